The maximum Gasteiger partial charge on any atom is 0.337 e. The molecule has 1 aromatic carbocycles. The molecule has 10 heteroatoms. The number of aromatic carboxylic acids is 1. The number of nitrogens with two attached hydrogens (primary N) is 1. The van der Waals surface area contributed by atoms with E-state index in [1.54, 1.807) is 6.07 Å². The summed E-state index contributed by atoms with van der Waals surface area (Å²) in [6, 6.07) is 3.58. The maximum absolute atomic E-state index is 11.5. The Labute approximate surface area is 123 Å². The Morgan fingerprint density at radius 2 is 2.00 bits per heavy atom. The van der Waals surface area contributed by atoms with Crippen LogP contribution in [0.1, 0.15) is 10.4 Å². The maximum atomic E-state index is 11.5. The van der Waals surface area contributed by atoms with E-state index in [1.165, 1.54) is 12.1 Å². The number of primary sulfonamides is 1. The SMILES string of the molecule is NS(=O)(=O)CCNC(=O)Nc1ccc(Br)cc1C(=O)O. The molecule has 1 aromatic rings. The number of carboxylic acid groups (broad SMARTS) is 1. The van der Waals surface area contributed by atoms with Gasteiger partial charge in [0.25, 0.3) is 0 Å². The highest BCUT2D eigenvalue weighted by atomic mass is 79.9. The lowest BCUT2D eigenvalue weighted by atomic mass is 10.2. The van der Waals surface area contributed by atoms with E-state index < -0.39 is 27.8 Å². The molecule has 0 saturated carbocycles. The molecule has 0 aliphatic heterocycles. The van der Waals surface area contributed by atoms with Crippen LogP contribution < -0.4 is 15.8 Å². The number of nitrogens with one attached hydrogen (secondary N) is 2. The predicted octanol–water partition coefficient (Wildman–Crippen LogP) is 0.557. The second kappa shape index (κ2) is 6.68. The number of carboxylic acids is 1. The average molecular weight is 366 g/mol. The lowest BCUT2D eigenvalue weighted by molar-refractivity contribution is 0.0698. The highest BCUT2D eigenvalue weighted by Crippen LogP contribution is 2.21. The molecule has 0 saturated heterocycles. The van der Waals surface area contributed by atoms with Crippen LogP contribution in [0.3, 0.4) is 0 Å². The molecule has 8 nitrogen and oxygen atoms in total. The topological polar surface area (TPSA) is 139 Å². The van der Waals surface area contributed by atoms with Gasteiger partial charge in [-0.15, -0.1) is 0 Å². The Balaban J connectivity index is 2.69. The Morgan fingerprint density at radius 1 is 1.35 bits per heavy atom. The van der Waals surface area contributed by atoms with Crippen LogP contribution in [-0.4, -0.2) is 37.8 Å². The average Bonchev–Trinajstić information content (AvgIpc) is 2.29. The molecule has 0 fully saturated rings. The molecule has 0 aromatic heterocycles. The van der Waals surface area contributed by atoms with Crippen molar-refractivity contribution in [1.82, 2.24) is 5.32 Å². The van der Waals surface area contributed by atoms with Gasteiger partial charge >= 0.3 is 12.0 Å². The third-order valence-corrected chi connectivity index (χ3v) is 3.40. The number of anilines is 1. The van der Waals surface area contributed by atoms with Gasteiger partial charge in [0.15, 0.2) is 0 Å². The molecule has 0 aliphatic carbocycles. The smallest absolute Gasteiger partial charge is 0.337 e. The quantitative estimate of drug-likeness (QED) is 0.603. The second-order valence-electron chi connectivity index (χ2n) is 3.74. The summed E-state index contributed by atoms with van der Waals surface area (Å²) >= 11 is 3.12. The molecular weight excluding hydrogens is 354 g/mol. The number of halogens is 1. The second-order valence-corrected chi connectivity index (χ2v) is 6.39. The molecule has 0 bridgehead atoms. The third kappa shape index (κ3) is 5.55. The molecule has 0 atom stereocenters. The van der Waals surface area contributed by atoms with Gasteiger partial charge in [-0.1, -0.05) is 15.9 Å². The van der Waals surface area contributed by atoms with Gasteiger partial charge in [-0.05, 0) is 18.2 Å². The first-order valence-electron chi connectivity index (χ1n) is 5.27. The van der Waals surface area contributed by atoms with Crippen molar-refractivity contribution < 1.29 is 23.1 Å². The summed E-state index contributed by atoms with van der Waals surface area (Å²) in [6.45, 7) is -0.177. The Morgan fingerprint density at radius 3 is 2.55 bits per heavy atom. The molecule has 2 amide bonds. The van der Waals surface area contributed by atoms with E-state index in [1.807, 2.05) is 0 Å². The van der Waals surface area contributed by atoms with Gasteiger partial charge in [0.2, 0.25) is 10.0 Å². The van der Waals surface area contributed by atoms with Gasteiger partial charge in [0.05, 0.1) is 17.0 Å². The van der Waals surface area contributed by atoms with Crippen molar-refractivity contribution in [2.75, 3.05) is 17.6 Å². The lowest BCUT2D eigenvalue weighted by Crippen LogP contribution is -2.34. The lowest BCUT2D eigenvalue weighted by Gasteiger charge is -2.10. The van der Waals surface area contributed by atoms with Gasteiger partial charge in [-0.3, -0.25) is 0 Å². The van der Waals surface area contributed by atoms with E-state index in [0.717, 1.165) is 0 Å². The number of carbonyl (C=O) groups is 2. The Bertz CT molecular complexity index is 632. The standard InChI is InChI=1S/C10H12BrN3O5S/c11-6-1-2-8(7(5-6)9(15)16)14-10(17)13-3-4-20(12,18)19/h1-2,5H,3-4H2,(H,15,16)(H2,12,18,19)(H2,13,14,17). The minimum atomic E-state index is -3.66. The molecule has 5 N–H and O–H groups in total. The summed E-state index contributed by atoms with van der Waals surface area (Å²) in [5.74, 6) is -1.61. The third-order valence-electron chi connectivity index (χ3n) is 2.13. The van der Waals surface area contributed by atoms with Gasteiger partial charge in [0, 0.05) is 11.0 Å². The first kappa shape index (κ1) is 16.4. The van der Waals surface area contributed by atoms with Gasteiger partial charge in [-0.2, -0.15) is 0 Å². The first-order valence-corrected chi connectivity index (χ1v) is 7.78. The zero-order valence-corrected chi connectivity index (χ0v) is 12.5. The fraction of sp³-hybridized carbons (Fsp3) is 0.200. The van der Waals surface area contributed by atoms with Crippen molar-refractivity contribution in [1.29, 1.82) is 0 Å². The van der Waals surface area contributed by atoms with Gasteiger partial charge in [0.1, 0.15) is 0 Å². The van der Waals surface area contributed by atoms with Crippen molar-refractivity contribution >= 4 is 43.6 Å². The van der Waals surface area contributed by atoms with Crippen LogP contribution in [0.15, 0.2) is 22.7 Å². The molecule has 0 unspecified atom stereocenters. The van der Waals surface area contributed by atoms with Crippen molar-refractivity contribution in [3.63, 3.8) is 0 Å². The Kier molecular flexibility index (Phi) is 5.48. The molecule has 0 heterocycles. The monoisotopic (exact) mass is 365 g/mol. The van der Waals surface area contributed by atoms with Crippen LogP contribution in [0, 0.1) is 0 Å². The zero-order valence-electron chi connectivity index (χ0n) is 10.1. The fourth-order valence-electron chi connectivity index (χ4n) is 1.28. The largest absolute Gasteiger partial charge is 0.478 e. The summed E-state index contributed by atoms with van der Waals surface area (Å²) in [5.41, 5.74) is -0.00484. The van der Waals surface area contributed by atoms with Gasteiger partial charge in [-0.25, -0.2) is 23.1 Å². The predicted molar refractivity (Wildman–Crippen MR) is 76.1 cm³/mol. The minimum Gasteiger partial charge on any atom is -0.478 e. The van der Waals surface area contributed by atoms with Crippen molar-refractivity contribution in [2.24, 2.45) is 5.14 Å². The summed E-state index contributed by atoms with van der Waals surface area (Å²) in [5, 5.41) is 18.3. The summed E-state index contributed by atoms with van der Waals surface area (Å²) in [6.07, 6.45) is 0. The van der Waals surface area contributed by atoms with Crippen molar-refractivity contribution in [2.45, 2.75) is 0 Å². The fourth-order valence-corrected chi connectivity index (χ4v) is 2.02. The highest BCUT2D eigenvalue weighted by Gasteiger charge is 2.13. The number of amides is 2. The van der Waals surface area contributed by atoms with Crippen LogP contribution in [-0.2, 0) is 10.0 Å². The number of benzene rings is 1. The number of sulfonamides is 1. The van der Waals surface area contributed by atoms with Gasteiger partial charge < -0.3 is 15.7 Å². The molecule has 20 heavy (non-hydrogen) atoms. The van der Waals surface area contributed by atoms with Crippen LogP contribution in [0.25, 0.3) is 0 Å². The van der Waals surface area contributed by atoms with E-state index >= 15 is 0 Å². The van der Waals surface area contributed by atoms with Crippen LogP contribution >= 0.6 is 15.9 Å². The number of hydrogen-bond acceptors (Lipinski definition) is 4. The number of hydrogen-bond donors (Lipinski definition) is 4. The number of rotatable bonds is 5. The number of urea groups is 1. The van der Waals surface area contributed by atoms with Crippen molar-refractivity contribution in [3.8, 4) is 0 Å². The van der Waals surface area contributed by atoms with Crippen molar-refractivity contribution in [3.05, 3.63) is 28.2 Å². The highest BCUT2D eigenvalue weighted by molar-refractivity contribution is 9.10. The summed E-state index contributed by atoms with van der Waals surface area (Å²) in [4.78, 5) is 22.5. The first-order chi connectivity index (χ1) is 9.19. The van der Waals surface area contributed by atoms with E-state index in [0.29, 0.717) is 4.47 Å². The van der Waals surface area contributed by atoms with E-state index in [9.17, 15) is 18.0 Å². The van der Waals surface area contributed by atoms with E-state index in [4.69, 9.17) is 10.2 Å². The molecular formula is C10H12BrN3O5S. The Hall–Kier alpha value is -1.65. The van der Waals surface area contributed by atoms with E-state index in [-0.39, 0.29) is 17.8 Å². The summed E-state index contributed by atoms with van der Waals surface area (Å²) < 4.78 is 21.9. The molecule has 0 aliphatic rings. The number of carbonyl (C=O) groups excluding carboxylic acids is 1. The summed E-state index contributed by atoms with van der Waals surface area (Å²) in [7, 11) is -3.66. The molecule has 1 rings (SSSR count). The normalized spacial score (nSPS) is 10.9. The molecule has 110 valence electrons. The van der Waals surface area contributed by atoms with Crippen LogP contribution in [0.4, 0.5) is 10.5 Å². The minimum absolute atomic E-state index is 0.0915. The zero-order chi connectivity index (χ0) is 15.3. The molecule has 0 spiro atoms. The van der Waals surface area contributed by atoms with E-state index in [2.05, 4.69) is 26.6 Å². The van der Waals surface area contributed by atoms with Crippen LogP contribution in [0.5, 0.6) is 0 Å². The van der Waals surface area contributed by atoms with Crippen LogP contribution in [0.2, 0.25) is 0 Å². The molecule has 0 radical (unpaired) electrons.